The number of rotatable bonds is 4. The Morgan fingerprint density at radius 1 is 1.00 bits per heavy atom. The molecular formula is C18H27N3O4S. The topological polar surface area (TPSA) is 70.2 Å². The summed E-state index contributed by atoms with van der Waals surface area (Å²) in [6.45, 7) is 3.97. The summed E-state index contributed by atoms with van der Waals surface area (Å²) in [6, 6.07) is 4.71. The highest BCUT2D eigenvalue weighted by Gasteiger charge is 2.30. The van der Waals surface area contributed by atoms with Gasteiger partial charge in [0.25, 0.3) is 5.91 Å². The molecule has 0 N–H and O–H groups in total. The Morgan fingerprint density at radius 3 is 2.27 bits per heavy atom. The normalized spacial score (nSPS) is 20.2. The summed E-state index contributed by atoms with van der Waals surface area (Å²) in [4.78, 5) is 16.9. The lowest BCUT2D eigenvalue weighted by molar-refractivity contribution is 0.0664. The molecule has 0 atom stereocenters. The number of carbonyl (C=O) groups is 1. The van der Waals surface area contributed by atoms with Crippen molar-refractivity contribution in [2.45, 2.75) is 24.2 Å². The van der Waals surface area contributed by atoms with Gasteiger partial charge in [0, 0.05) is 44.8 Å². The van der Waals surface area contributed by atoms with Gasteiger partial charge in [0.15, 0.2) is 0 Å². The van der Waals surface area contributed by atoms with E-state index in [1.54, 1.807) is 17.0 Å². The highest BCUT2D eigenvalue weighted by molar-refractivity contribution is 7.89. The highest BCUT2D eigenvalue weighted by atomic mass is 32.2. The summed E-state index contributed by atoms with van der Waals surface area (Å²) < 4.78 is 32.9. The number of amides is 1. The Balaban J connectivity index is 1.90. The number of hydrogen-bond donors (Lipinski definition) is 0. The molecule has 0 aliphatic carbocycles. The van der Waals surface area contributed by atoms with Crippen LogP contribution in [-0.4, -0.2) is 81.9 Å². The number of sulfonamides is 1. The SMILES string of the molecule is COc1ccc(C(=O)N2CCN(C)CC2)cc1S(=O)(=O)N1CCCCC1. The van der Waals surface area contributed by atoms with E-state index < -0.39 is 10.0 Å². The maximum absolute atomic E-state index is 13.1. The summed E-state index contributed by atoms with van der Waals surface area (Å²) in [6.07, 6.45) is 2.77. The first kappa shape index (κ1) is 19.1. The molecule has 7 nitrogen and oxygen atoms in total. The monoisotopic (exact) mass is 381 g/mol. The first-order valence-corrected chi connectivity index (χ1v) is 10.5. The van der Waals surface area contributed by atoms with Crippen molar-refractivity contribution >= 4 is 15.9 Å². The minimum atomic E-state index is -3.67. The molecule has 0 bridgehead atoms. The van der Waals surface area contributed by atoms with Gasteiger partial charge in [0.1, 0.15) is 10.6 Å². The molecule has 144 valence electrons. The molecule has 2 heterocycles. The van der Waals surface area contributed by atoms with Crippen LogP contribution in [0.1, 0.15) is 29.6 Å². The summed E-state index contributed by atoms with van der Waals surface area (Å²) in [5, 5.41) is 0. The van der Waals surface area contributed by atoms with Crippen LogP contribution >= 0.6 is 0 Å². The molecule has 1 aromatic carbocycles. The summed E-state index contributed by atoms with van der Waals surface area (Å²) in [7, 11) is -0.194. The molecule has 1 aromatic rings. The second-order valence-electron chi connectivity index (χ2n) is 6.93. The van der Waals surface area contributed by atoms with E-state index >= 15 is 0 Å². The van der Waals surface area contributed by atoms with E-state index in [4.69, 9.17) is 4.74 Å². The molecule has 0 unspecified atom stereocenters. The lowest BCUT2D eigenvalue weighted by Gasteiger charge is -2.32. The Kier molecular flexibility index (Phi) is 5.84. The van der Waals surface area contributed by atoms with E-state index in [-0.39, 0.29) is 16.6 Å². The lowest BCUT2D eigenvalue weighted by atomic mass is 10.1. The third-order valence-electron chi connectivity index (χ3n) is 5.13. The second kappa shape index (κ2) is 7.94. The number of ether oxygens (including phenoxy) is 1. The molecule has 2 saturated heterocycles. The molecule has 0 aromatic heterocycles. The Morgan fingerprint density at radius 2 is 1.65 bits per heavy atom. The number of hydrogen-bond acceptors (Lipinski definition) is 5. The van der Waals surface area contributed by atoms with Crippen molar-refractivity contribution < 1.29 is 17.9 Å². The smallest absolute Gasteiger partial charge is 0.253 e. The van der Waals surface area contributed by atoms with Gasteiger partial charge in [-0.2, -0.15) is 4.31 Å². The quantitative estimate of drug-likeness (QED) is 0.785. The first-order chi connectivity index (χ1) is 12.4. The van der Waals surface area contributed by atoms with Crippen molar-refractivity contribution in [1.82, 2.24) is 14.1 Å². The van der Waals surface area contributed by atoms with Gasteiger partial charge in [-0.1, -0.05) is 6.42 Å². The summed E-state index contributed by atoms with van der Waals surface area (Å²) >= 11 is 0. The number of nitrogens with zero attached hydrogens (tertiary/aromatic N) is 3. The zero-order valence-electron chi connectivity index (χ0n) is 15.5. The van der Waals surface area contributed by atoms with Crippen molar-refractivity contribution in [2.75, 3.05) is 53.4 Å². The number of carbonyl (C=O) groups excluding carboxylic acids is 1. The highest BCUT2D eigenvalue weighted by Crippen LogP contribution is 2.30. The maximum Gasteiger partial charge on any atom is 0.253 e. The number of piperazine rings is 1. The molecule has 2 aliphatic heterocycles. The predicted molar refractivity (Wildman–Crippen MR) is 99.0 cm³/mol. The molecule has 8 heteroatoms. The Labute approximate surface area is 155 Å². The molecule has 2 aliphatic rings. The van der Waals surface area contributed by atoms with Crippen LogP contribution in [0.2, 0.25) is 0 Å². The van der Waals surface area contributed by atoms with Crippen molar-refractivity contribution in [1.29, 1.82) is 0 Å². The van der Waals surface area contributed by atoms with Crippen LogP contribution < -0.4 is 4.74 Å². The van der Waals surface area contributed by atoms with E-state index in [1.807, 2.05) is 7.05 Å². The molecule has 0 spiro atoms. The van der Waals surface area contributed by atoms with Gasteiger partial charge in [0.05, 0.1) is 7.11 Å². The fraction of sp³-hybridized carbons (Fsp3) is 0.611. The van der Waals surface area contributed by atoms with Gasteiger partial charge in [0.2, 0.25) is 10.0 Å². The van der Waals surface area contributed by atoms with Crippen LogP contribution in [0.5, 0.6) is 5.75 Å². The number of methoxy groups -OCH3 is 1. The summed E-state index contributed by atoms with van der Waals surface area (Å²) in [5.41, 5.74) is 0.394. The van der Waals surface area contributed by atoms with Crippen LogP contribution in [0.3, 0.4) is 0 Å². The maximum atomic E-state index is 13.1. The van der Waals surface area contributed by atoms with E-state index in [0.29, 0.717) is 31.7 Å². The second-order valence-corrected chi connectivity index (χ2v) is 8.83. The Hall–Kier alpha value is -1.64. The molecule has 0 radical (unpaired) electrons. The number of benzene rings is 1. The van der Waals surface area contributed by atoms with Gasteiger partial charge >= 0.3 is 0 Å². The molecular weight excluding hydrogens is 354 g/mol. The third kappa shape index (κ3) is 3.87. The van der Waals surface area contributed by atoms with Crippen molar-refractivity contribution in [3.8, 4) is 5.75 Å². The molecule has 2 fully saturated rings. The van der Waals surface area contributed by atoms with Crippen LogP contribution in [0.4, 0.5) is 0 Å². The van der Waals surface area contributed by atoms with Gasteiger partial charge < -0.3 is 14.5 Å². The Bertz CT molecular complexity index is 752. The minimum absolute atomic E-state index is 0.0851. The number of likely N-dealkylation sites (N-methyl/N-ethyl adjacent to an activating group) is 1. The molecule has 0 saturated carbocycles. The fourth-order valence-corrected chi connectivity index (χ4v) is 5.15. The largest absolute Gasteiger partial charge is 0.495 e. The van der Waals surface area contributed by atoms with E-state index in [1.165, 1.54) is 17.5 Å². The average Bonchev–Trinajstić information content (AvgIpc) is 2.68. The molecule has 1 amide bonds. The van der Waals surface area contributed by atoms with E-state index in [2.05, 4.69) is 4.90 Å². The zero-order chi connectivity index (χ0) is 18.7. The van der Waals surface area contributed by atoms with Gasteiger partial charge in [-0.05, 0) is 38.1 Å². The van der Waals surface area contributed by atoms with Gasteiger partial charge in [-0.15, -0.1) is 0 Å². The van der Waals surface area contributed by atoms with Gasteiger partial charge in [-0.3, -0.25) is 4.79 Å². The minimum Gasteiger partial charge on any atom is -0.495 e. The third-order valence-corrected chi connectivity index (χ3v) is 7.05. The van der Waals surface area contributed by atoms with E-state index in [0.717, 1.165) is 32.4 Å². The average molecular weight is 381 g/mol. The van der Waals surface area contributed by atoms with Gasteiger partial charge in [-0.25, -0.2) is 8.42 Å². The molecule has 26 heavy (non-hydrogen) atoms. The standard InChI is InChI=1S/C18H27N3O4S/c1-19-10-12-20(13-11-19)18(22)15-6-7-16(25-2)17(14-15)26(23,24)21-8-4-3-5-9-21/h6-7,14H,3-5,8-13H2,1-2H3. The number of piperidine rings is 1. The van der Waals surface area contributed by atoms with Crippen LogP contribution in [0.25, 0.3) is 0 Å². The van der Waals surface area contributed by atoms with Crippen molar-refractivity contribution in [3.63, 3.8) is 0 Å². The van der Waals surface area contributed by atoms with Crippen molar-refractivity contribution in [2.24, 2.45) is 0 Å². The lowest BCUT2D eigenvalue weighted by Crippen LogP contribution is -2.47. The summed E-state index contributed by atoms with van der Waals surface area (Å²) in [5.74, 6) is 0.154. The predicted octanol–water partition coefficient (Wildman–Crippen LogP) is 1.26. The van der Waals surface area contributed by atoms with Crippen molar-refractivity contribution in [3.05, 3.63) is 23.8 Å². The van der Waals surface area contributed by atoms with Crippen LogP contribution in [0, 0.1) is 0 Å². The van der Waals surface area contributed by atoms with Crippen LogP contribution in [-0.2, 0) is 10.0 Å². The fourth-order valence-electron chi connectivity index (χ4n) is 3.45. The molecule has 3 rings (SSSR count). The van der Waals surface area contributed by atoms with Crippen LogP contribution in [0.15, 0.2) is 23.1 Å². The zero-order valence-corrected chi connectivity index (χ0v) is 16.3. The van der Waals surface area contributed by atoms with E-state index in [9.17, 15) is 13.2 Å². The first-order valence-electron chi connectivity index (χ1n) is 9.09.